The van der Waals surface area contributed by atoms with Crippen LogP contribution in [0.15, 0.2) is 68.0 Å². The third kappa shape index (κ3) is 3.44. The third-order valence-corrected chi connectivity index (χ3v) is 5.33. The molecule has 1 aromatic carbocycles. The van der Waals surface area contributed by atoms with Crippen molar-refractivity contribution in [1.29, 1.82) is 0 Å². The zero-order chi connectivity index (χ0) is 16.2. The van der Waals surface area contributed by atoms with Crippen LogP contribution in [0.1, 0.15) is 11.4 Å². The number of para-hydroxylation sites is 2. The summed E-state index contributed by atoms with van der Waals surface area (Å²) < 4.78 is 9.75. The van der Waals surface area contributed by atoms with Crippen molar-refractivity contribution in [3.63, 3.8) is 0 Å². The summed E-state index contributed by atoms with van der Waals surface area (Å²) in [6.45, 7) is 0. The molecule has 0 aliphatic carbocycles. The zero-order valence-electron chi connectivity index (χ0n) is 12.5. The summed E-state index contributed by atoms with van der Waals surface area (Å²) in [4.78, 5) is 9.50. The molecule has 0 spiro atoms. The molecule has 6 nitrogen and oxygen atoms in total. The Hall–Kier alpha value is -2.32. The van der Waals surface area contributed by atoms with E-state index in [1.165, 1.54) is 0 Å². The highest BCUT2D eigenvalue weighted by Gasteiger charge is 2.12. The quantitative estimate of drug-likeness (QED) is 0.476. The van der Waals surface area contributed by atoms with Crippen LogP contribution in [0, 0.1) is 0 Å². The zero-order valence-corrected chi connectivity index (χ0v) is 14.1. The van der Waals surface area contributed by atoms with Crippen LogP contribution in [-0.4, -0.2) is 20.3 Å². The minimum Gasteiger partial charge on any atom is -0.364 e. The first-order valence-electron chi connectivity index (χ1n) is 7.19. The van der Waals surface area contributed by atoms with E-state index in [1.807, 2.05) is 36.4 Å². The van der Waals surface area contributed by atoms with E-state index in [2.05, 4.69) is 10.3 Å². The second kappa shape index (κ2) is 7.06. The fraction of sp³-hybridized carbons (Fsp3) is 0.125. The van der Waals surface area contributed by atoms with Crippen molar-refractivity contribution >= 4 is 34.6 Å². The first kappa shape index (κ1) is 15.2. The minimum absolute atomic E-state index is 0.682. The van der Waals surface area contributed by atoms with Crippen molar-refractivity contribution in [1.82, 2.24) is 20.3 Å². The number of nitrogens with zero attached hydrogens (tertiary/aromatic N) is 4. The van der Waals surface area contributed by atoms with E-state index in [1.54, 1.807) is 36.1 Å². The van der Waals surface area contributed by atoms with E-state index in [9.17, 15) is 0 Å². The van der Waals surface area contributed by atoms with Crippen molar-refractivity contribution < 1.29 is 9.05 Å². The van der Waals surface area contributed by atoms with E-state index < -0.39 is 0 Å². The summed E-state index contributed by atoms with van der Waals surface area (Å²) in [6.07, 6.45) is 3.14. The number of hydrogen-bond donors (Lipinski definition) is 0. The van der Waals surface area contributed by atoms with Crippen LogP contribution in [0.4, 0.5) is 0 Å². The standard InChI is InChI=1S/C16H12N4O2S2/c1-2-4-14-13(3-1)17-15(23-9-11-5-7-21-19-11)16(18-14)24-10-12-6-8-22-20-12/h1-8H,9-10H2. The predicted molar refractivity (Wildman–Crippen MR) is 91.7 cm³/mol. The molecule has 0 aliphatic rings. The van der Waals surface area contributed by atoms with E-state index in [-0.39, 0.29) is 0 Å². The van der Waals surface area contributed by atoms with Gasteiger partial charge in [-0.15, -0.1) is 0 Å². The molecule has 0 aliphatic heterocycles. The Morgan fingerprint density at radius 1 is 0.708 bits per heavy atom. The van der Waals surface area contributed by atoms with Crippen LogP contribution in [-0.2, 0) is 11.5 Å². The average molecular weight is 356 g/mol. The number of rotatable bonds is 6. The van der Waals surface area contributed by atoms with Crippen molar-refractivity contribution in [3.8, 4) is 0 Å². The molecular formula is C16H12N4O2S2. The van der Waals surface area contributed by atoms with Gasteiger partial charge in [-0.05, 0) is 12.1 Å². The molecule has 0 unspecified atom stereocenters. The molecule has 3 aromatic heterocycles. The molecule has 8 heteroatoms. The second-order valence-corrected chi connectivity index (χ2v) is 6.81. The Morgan fingerprint density at radius 3 is 1.62 bits per heavy atom. The van der Waals surface area contributed by atoms with Crippen molar-refractivity contribution in [2.24, 2.45) is 0 Å². The summed E-state index contributed by atoms with van der Waals surface area (Å²) in [6, 6.07) is 11.6. The highest BCUT2D eigenvalue weighted by atomic mass is 32.2. The lowest BCUT2D eigenvalue weighted by atomic mass is 10.3. The van der Waals surface area contributed by atoms with Crippen LogP contribution < -0.4 is 0 Å². The number of benzene rings is 1. The molecular weight excluding hydrogens is 344 g/mol. The van der Waals surface area contributed by atoms with Gasteiger partial charge in [0.2, 0.25) is 0 Å². The molecule has 0 N–H and O–H groups in total. The lowest BCUT2D eigenvalue weighted by Gasteiger charge is -2.08. The topological polar surface area (TPSA) is 77.8 Å². The van der Waals surface area contributed by atoms with Crippen LogP contribution in [0.5, 0.6) is 0 Å². The largest absolute Gasteiger partial charge is 0.364 e. The summed E-state index contributed by atoms with van der Waals surface area (Å²) in [5.74, 6) is 1.36. The fourth-order valence-corrected chi connectivity index (χ4v) is 3.95. The van der Waals surface area contributed by atoms with Gasteiger partial charge < -0.3 is 9.05 Å². The minimum atomic E-state index is 0.682. The maximum absolute atomic E-state index is 4.88. The Labute approximate surface area is 146 Å². The maximum Gasteiger partial charge on any atom is 0.129 e. The van der Waals surface area contributed by atoms with Crippen molar-refractivity contribution in [2.45, 2.75) is 21.6 Å². The maximum atomic E-state index is 4.88. The summed E-state index contributed by atoms with van der Waals surface area (Å²) >= 11 is 3.19. The van der Waals surface area contributed by atoms with Gasteiger partial charge in [0.1, 0.15) is 22.6 Å². The Bertz CT molecular complexity index is 850. The molecule has 4 rings (SSSR count). The predicted octanol–water partition coefficient (Wildman–Crippen LogP) is 4.19. The van der Waals surface area contributed by atoms with Crippen LogP contribution in [0.2, 0.25) is 0 Å². The second-order valence-electron chi connectivity index (χ2n) is 4.88. The number of thioether (sulfide) groups is 2. The highest BCUT2D eigenvalue weighted by Crippen LogP contribution is 2.32. The first-order valence-corrected chi connectivity index (χ1v) is 9.16. The summed E-state index contributed by atoms with van der Waals surface area (Å²) in [5, 5.41) is 9.63. The molecule has 0 amide bonds. The molecule has 0 radical (unpaired) electrons. The van der Waals surface area contributed by atoms with Crippen LogP contribution >= 0.6 is 23.5 Å². The molecule has 3 heterocycles. The first-order chi connectivity index (χ1) is 11.9. The van der Waals surface area contributed by atoms with Gasteiger partial charge in [0, 0.05) is 23.6 Å². The van der Waals surface area contributed by atoms with Gasteiger partial charge in [-0.2, -0.15) is 0 Å². The summed E-state index contributed by atoms with van der Waals surface area (Å²) in [7, 11) is 0. The van der Waals surface area contributed by atoms with Crippen LogP contribution in [0.3, 0.4) is 0 Å². The highest BCUT2D eigenvalue weighted by molar-refractivity contribution is 8.01. The van der Waals surface area contributed by atoms with Gasteiger partial charge in [-0.3, -0.25) is 0 Å². The average Bonchev–Trinajstić information content (AvgIpc) is 3.31. The molecule has 0 saturated heterocycles. The van der Waals surface area contributed by atoms with Crippen molar-refractivity contribution in [2.75, 3.05) is 0 Å². The van der Waals surface area contributed by atoms with Gasteiger partial charge in [0.05, 0.1) is 22.4 Å². The lowest BCUT2D eigenvalue weighted by molar-refractivity contribution is 0.414. The van der Waals surface area contributed by atoms with Crippen molar-refractivity contribution in [3.05, 3.63) is 60.3 Å². The van der Waals surface area contributed by atoms with Crippen LogP contribution in [0.25, 0.3) is 11.0 Å². The normalized spacial score (nSPS) is 11.2. The fourth-order valence-electron chi connectivity index (χ4n) is 2.06. The third-order valence-electron chi connectivity index (χ3n) is 3.20. The molecule has 24 heavy (non-hydrogen) atoms. The molecule has 4 aromatic rings. The lowest BCUT2D eigenvalue weighted by Crippen LogP contribution is -1.94. The Balaban J connectivity index is 1.61. The number of fused-ring (bicyclic) bond motifs is 1. The smallest absolute Gasteiger partial charge is 0.129 e. The van der Waals surface area contributed by atoms with Gasteiger partial charge in [-0.1, -0.05) is 46.0 Å². The van der Waals surface area contributed by atoms with Gasteiger partial charge in [0.25, 0.3) is 0 Å². The van der Waals surface area contributed by atoms with E-state index in [0.29, 0.717) is 11.5 Å². The monoisotopic (exact) mass is 356 g/mol. The molecule has 0 saturated carbocycles. The van der Waals surface area contributed by atoms with E-state index >= 15 is 0 Å². The number of hydrogen-bond acceptors (Lipinski definition) is 8. The SMILES string of the molecule is c1ccc2nc(SCc3ccon3)c(SCc3ccon3)nc2c1. The van der Waals surface area contributed by atoms with Gasteiger partial charge in [0.15, 0.2) is 0 Å². The number of aromatic nitrogens is 4. The van der Waals surface area contributed by atoms with E-state index in [0.717, 1.165) is 32.5 Å². The van der Waals surface area contributed by atoms with Gasteiger partial charge >= 0.3 is 0 Å². The van der Waals surface area contributed by atoms with Gasteiger partial charge in [-0.25, -0.2) is 9.97 Å². The van der Waals surface area contributed by atoms with E-state index in [4.69, 9.17) is 19.0 Å². The molecule has 0 atom stereocenters. The molecule has 0 fully saturated rings. The summed E-state index contributed by atoms with van der Waals surface area (Å²) in [5.41, 5.74) is 3.52. The Morgan fingerprint density at radius 2 is 1.21 bits per heavy atom. The molecule has 0 bridgehead atoms. The molecule has 120 valence electrons. The Kier molecular flexibility index (Phi) is 4.48.